The molecule has 0 aromatic heterocycles. The van der Waals surface area contributed by atoms with Crippen LogP contribution in [-0.2, 0) is 6.54 Å². The Hall–Kier alpha value is -1.51. The van der Waals surface area contributed by atoms with Crippen molar-refractivity contribution in [3.05, 3.63) is 34.9 Å². The van der Waals surface area contributed by atoms with Gasteiger partial charge in [-0.1, -0.05) is 6.42 Å². The fourth-order valence-corrected chi connectivity index (χ4v) is 2.08. The van der Waals surface area contributed by atoms with E-state index in [1.54, 1.807) is 6.07 Å². The van der Waals surface area contributed by atoms with Crippen LogP contribution >= 0.6 is 0 Å². The fraction of sp³-hybridized carbons (Fsp3) is 0.462. The Morgan fingerprint density at radius 1 is 1.17 bits per heavy atom. The van der Waals surface area contributed by atoms with E-state index in [9.17, 15) is 8.78 Å². The van der Waals surface area contributed by atoms with Gasteiger partial charge >= 0.3 is 0 Å². The first kappa shape index (κ1) is 12.9. The molecule has 2 rings (SSSR count). The minimum absolute atomic E-state index is 0.00622. The van der Waals surface area contributed by atoms with E-state index in [2.05, 4.69) is 5.43 Å². The first-order valence-corrected chi connectivity index (χ1v) is 6.07. The van der Waals surface area contributed by atoms with Gasteiger partial charge in [0.25, 0.3) is 0 Å². The summed E-state index contributed by atoms with van der Waals surface area (Å²) in [7, 11) is 0. The van der Waals surface area contributed by atoms with Crippen molar-refractivity contribution in [1.82, 2.24) is 10.4 Å². The van der Waals surface area contributed by atoms with Gasteiger partial charge in [0.15, 0.2) is 0 Å². The van der Waals surface area contributed by atoms with Crippen molar-refractivity contribution >= 4 is 0 Å². The van der Waals surface area contributed by atoms with Gasteiger partial charge in [0.2, 0.25) is 0 Å². The van der Waals surface area contributed by atoms with Crippen molar-refractivity contribution in [2.24, 2.45) is 0 Å². The highest BCUT2D eigenvalue weighted by Gasteiger charge is 2.14. The van der Waals surface area contributed by atoms with Crippen molar-refractivity contribution < 1.29 is 8.78 Å². The number of piperidine rings is 1. The van der Waals surface area contributed by atoms with Crippen LogP contribution in [0, 0.1) is 23.0 Å². The molecule has 0 atom stereocenters. The average Bonchev–Trinajstić information content (AvgIpc) is 2.38. The largest absolute Gasteiger partial charge is 0.251 e. The molecule has 96 valence electrons. The van der Waals surface area contributed by atoms with Crippen LogP contribution in [0.5, 0.6) is 0 Å². The molecule has 1 fully saturated rings. The van der Waals surface area contributed by atoms with Crippen LogP contribution < -0.4 is 5.43 Å². The maximum absolute atomic E-state index is 13.6. The van der Waals surface area contributed by atoms with Crippen molar-refractivity contribution in [3.63, 3.8) is 0 Å². The van der Waals surface area contributed by atoms with E-state index >= 15 is 0 Å². The number of hydrogen-bond acceptors (Lipinski definition) is 3. The molecule has 1 aliphatic rings. The Kier molecular flexibility index (Phi) is 4.24. The summed E-state index contributed by atoms with van der Waals surface area (Å²) in [6, 6.07) is 3.86. The molecular weight excluding hydrogens is 236 g/mol. The van der Waals surface area contributed by atoms with Crippen LogP contribution in [0.1, 0.15) is 30.4 Å². The van der Waals surface area contributed by atoms with Crippen LogP contribution in [0.4, 0.5) is 8.78 Å². The van der Waals surface area contributed by atoms with Gasteiger partial charge in [-0.05, 0) is 25.0 Å². The number of hydrazine groups is 1. The lowest BCUT2D eigenvalue weighted by atomic mass is 10.1. The van der Waals surface area contributed by atoms with Crippen molar-refractivity contribution in [1.29, 1.82) is 5.26 Å². The maximum atomic E-state index is 13.6. The highest BCUT2D eigenvalue weighted by Crippen LogP contribution is 2.15. The number of nitrogens with one attached hydrogen (secondary N) is 1. The quantitative estimate of drug-likeness (QED) is 0.896. The van der Waals surface area contributed by atoms with Crippen LogP contribution in [0.25, 0.3) is 0 Å². The van der Waals surface area contributed by atoms with E-state index in [1.165, 1.54) is 6.42 Å². The van der Waals surface area contributed by atoms with Crippen molar-refractivity contribution in [3.8, 4) is 6.07 Å². The topological polar surface area (TPSA) is 39.1 Å². The van der Waals surface area contributed by atoms with Crippen LogP contribution in [-0.4, -0.2) is 18.1 Å². The summed E-state index contributed by atoms with van der Waals surface area (Å²) in [4.78, 5) is 0. The zero-order chi connectivity index (χ0) is 13.0. The second-order valence-electron chi connectivity index (χ2n) is 4.41. The van der Waals surface area contributed by atoms with Gasteiger partial charge in [0.05, 0.1) is 11.6 Å². The summed E-state index contributed by atoms with van der Waals surface area (Å²) < 4.78 is 27.2. The zero-order valence-electron chi connectivity index (χ0n) is 10.0. The molecule has 1 aromatic carbocycles. The lowest BCUT2D eigenvalue weighted by molar-refractivity contribution is 0.149. The lowest BCUT2D eigenvalue weighted by Crippen LogP contribution is -2.41. The number of benzene rings is 1. The Morgan fingerprint density at radius 2 is 1.78 bits per heavy atom. The molecule has 1 saturated heterocycles. The van der Waals surface area contributed by atoms with Crippen LogP contribution in [0.15, 0.2) is 12.1 Å². The summed E-state index contributed by atoms with van der Waals surface area (Å²) in [5.41, 5.74) is 3.02. The molecule has 18 heavy (non-hydrogen) atoms. The Balaban J connectivity index is 2.02. The summed E-state index contributed by atoms with van der Waals surface area (Å²) in [5.74, 6) is -1.34. The Bertz CT molecular complexity index is 439. The molecule has 0 unspecified atom stereocenters. The normalized spacial score (nSPS) is 16.5. The van der Waals surface area contributed by atoms with Gasteiger partial charge in [-0.25, -0.2) is 13.8 Å². The summed E-state index contributed by atoms with van der Waals surface area (Å²) in [6.45, 7) is 1.92. The fourth-order valence-electron chi connectivity index (χ4n) is 2.08. The molecule has 5 heteroatoms. The van der Waals surface area contributed by atoms with E-state index in [-0.39, 0.29) is 17.7 Å². The zero-order valence-corrected chi connectivity index (χ0v) is 10.0. The molecule has 1 aliphatic heterocycles. The molecule has 0 spiro atoms. The van der Waals surface area contributed by atoms with E-state index in [0.717, 1.165) is 38.1 Å². The van der Waals surface area contributed by atoms with Crippen LogP contribution in [0.2, 0.25) is 0 Å². The average molecular weight is 251 g/mol. The van der Waals surface area contributed by atoms with E-state index in [4.69, 9.17) is 5.26 Å². The molecule has 0 radical (unpaired) electrons. The van der Waals surface area contributed by atoms with E-state index in [0.29, 0.717) is 0 Å². The van der Waals surface area contributed by atoms with E-state index < -0.39 is 11.6 Å². The summed E-state index contributed by atoms with van der Waals surface area (Å²) >= 11 is 0. The summed E-state index contributed by atoms with van der Waals surface area (Å²) in [6.07, 6.45) is 3.41. The first-order chi connectivity index (χ1) is 8.70. The molecule has 0 bridgehead atoms. The SMILES string of the molecule is N#Cc1cc(F)c(CNN2CCCCC2)c(F)c1. The number of hydrogen-bond donors (Lipinski definition) is 1. The summed E-state index contributed by atoms with van der Waals surface area (Å²) in [5, 5.41) is 10.6. The number of nitriles is 1. The monoisotopic (exact) mass is 251 g/mol. The molecule has 1 aromatic rings. The van der Waals surface area contributed by atoms with Gasteiger partial charge in [0, 0.05) is 25.2 Å². The minimum Gasteiger partial charge on any atom is -0.251 e. The van der Waals surface area contributed by atoms with Gasteiger partial charge in [0.1, 0.15) is 11.6 Å². The molecule has 3 nitrogen and oxygen atoms in total. The van der Waals surface area contributed by atoms with E-state index in [1.807, 2.05) is 5.01 Å². The Labute approximate surface area is 105 Å². The molecule has 0 saturated carbocycles. The number of halogens is 2. The highest BCUT2D eigenvalue weighted by atomic mass is 19.1. The predicted octanol–water partition coefficient (Wildman–Crippen LogP) is 2.33. The molecule has 0 amide bonds. The van der Waals surface area contributed by atoms with Gasteiger partial charge < -0.3 is 0 Å². The van der Waals surface area contributed by atoms with Gasteiger partial charge in [-0.2, -0.15) is 5.26 Å². The number of rotatable bonds is 3. The van der Waals surface area contributed by atoms with Crippen molar-refractivity contribution in [2.45, 2.75) is 25.8 Å². The molecule has 1 heterocycles. The predicted molar refractivity (Wildman–Crippen MR) is 63.3 cm³/mol. The van der Waals surface area contributed by atoms with Gasteiger partial charge in [-0.3, -0.25) is 5.43 Å². The second kappa shape index (κ2) is 5.89. The highest BCUT2D eigenvalue weighted by molar-refractivity contribution is 5.34. The third-order valence-electron chi connectivity index (χ3n) is 3.11. The molecule has 0 aliphatic carbocycles. The third kappa shape index (κ3) is 3.03. The number of nitrogens with zero attached hydrogens (tertiary/aromatic N) is 2. The minimum atomic E-state index is -0.670. The van der Waals surface area contributed by atoms with Crippen LogP contribution in [0.3, 0.4) is 0 Å². The molecular formula is C13H15F2N3. The lowest BCUT2D eigenvalue weighted by Gasteiger charge is -2.27. The van der Waals surface area contributed by atoms with Gasteiger partial charge in [-0.15, -0.1) is 0 Å². The van der Waals surface area contributed by atoms with Crippen molar-refractivity contribution in [2.75, 3.05) is 13.1 Å². The first-order valence-electron chi connectivity index (χ1n) is 6.07. The second-order valence-corrected chi connectivity index (χ2v) is 4.41. The third-order valence-corrected chi connectivity index (χ3v) is 3.11. The Morgan fingerprint density at radius 3 is 2.33 bits per heavy atom. The maximum Gasteiger partial charge on any atom is 0.131 e. The molecule has 1 N–H and O–H groups in total. The standard InChI is InChI=1S/C13H15F2N3/c14-12-6-10(8-16)7-13(15)11(12)9-17-18-4-2-1-3-5-18/h6-7,17H,1-5,9H2. The smallest absolute Gasteiger partial charge is 0.131 e.